The molecular weight excluding hydrogens is 523 g/mol. The molecule has 12 heteroatoms. The summed E-state index contributed by atoms with van der Waals surface area (Å²) in [7, 11) is 3.61. The van der Waals surface area contributed by atoms with Crippen LogP contribution in [0.4, 0.5) is 18.9 Å². The fourth-order valence-corrected chi connectivity index (χ4v) is 5.75. The van der Waals surface area contributed by atoms with E-state index in [0.29, 0.717) is 23.5 Å². The van der Waals surface area contributed by atoms with Gasteiger partial charge in [-0.25, -0.2) is 0 Å². The zero-order valence-electron chi connectivity index (χ0n) is 22.0. The summed E-state index contributed by atoms with van der Waals surface area (Å²) in [5, 5.41) is 25.7. The summed E-state index contributed by atoms with van der Waals surface area (Å²) in [6.45, 7) is -0.0603. The first-order valence-electron chi connectivity index (χ1n) is 13.0. The van der Waals surface area contributed by atoms with Gasteiger partial charge in [-0.2, -0.15) is 18.3 Å². The number of anilines is 1. The van der Waals surface area contributed by atoms with Crippen LogP contribution in [-0.2, 0) is 33.4 Å². The lowest BCUT2D eigenvalue weighted by atomic mass is 9.98. The topological polar surface area (TPSA) is 101 Å². The van der Waals surface area contributed by atoms with Gasteiger partial charge in [-0.15, -0.1) is 10.2 Å². The Morgan fingerprint density at radius 3 is 2.65 bits per heavy atom. The Bertz CT molecular complexity index is 1590. The molecule has 40 heavy (non-hydrogen) atoms. The van der Waals surface area contributed by atoms with Crippen LogP contribution >= 0.6 is 0 Å². The summed E-state index contributed by atoms with van der Waals surface area (Å²) in [6.07, 6.45) is 0.415. The van der Waals surface area contributed by atoms with E-state index in [4.69, 9.17) is 0 Å². The van der Waals surface area contributed by atoms with E-state index in [1.54, 1.807) is 53.1 Å². The first-order valence-corrected chi connectivity index (χ1v) is 13.0. The quantitative estimate of drug-likeness (QED) is 0.375. The number of nitrogens with one attached hydrogen (secondary N) is 1. The molecule has 0 bridgehead atoms. The average Bonchev–Trinajstić information content (AvgIpc) is 3.69. The highest BCUT2D eigenvalue weighted by Crippen LogP contribution is 2.40. The van der Waals surface area contributed by atoms with Gasteiger partial charge >= 0.3 is 6.18 Å². The number of aryl methyl sites for hydroxylation is 2. The number of hydrogen-bond donors (Lipinski definition) is 2. The second-order valence-electron chi connectivity index (χ2n) is 10.4. The van der Waals surface area contributed by atoms with Gasteiger partial charge in [0.25, 0.3) is 5.91 Å². The van der Waals surface area contributed by atoms with Crippen LogP contribution in [0.5, 0.6) is 0 Å². The van der Waals surface area contributed by atoms with Crippen molar-refractivity contribution in [2.75, 3.05) is 4.90 Å². The lowest BCUT2D eigenvalue weighted by Gasteiger charge is -2.18. The van der Waals surface area contributed by atoms with Crippen LogP contribution in [0.2, 0.25) is 0 Å². The molecule has 0 saturated heterocycles. The number of rotatable bonds is 6. The molecule has 4 aromatic rings. The Balaban J connectivity index is 1.34. The molecule has 0 unspecified atom stereocenters. The van der Waals surface area contributed by atoms with Crippen molar-refractivity contribution in [3.8, 4) is 22.6 Å². The maximum Gasteiger partial charge on any atom is 0.416 e. The second-order valence-corrected chi connectivity index (χ2v) is 10.4. The average molecular weight is 552 g/mol. The van der Waals surface area contributed by atoms with E-state index in [1.807, 2.05) is 13.1 Å². The van der Waals surface area contributed by atoms with Gasteiger partial charge < -0.3 is 19.9 Å². The van der Waals surface area contributed by atoms with E-state index < -0.39 is 23.8 Å². The summed E-state index contributed by atoms with van der Waals surface area (Å²) < 4.78 is 46.0. The zero-order chi connectivity index (χ0) is 28.2. The van der Waals surface area contributed by atoms with Gasteiger partial charge in [0.15, 0.2) is 5.82 Å². The Morgan fingerprint density at radius 2 is 1.95 bits per heavy atom. The van der Waals surface area contributed by atoms with Gasteiger partial charge in [-0.05, 0) is 54.7 Å². The van der Waals surface area contributed by atoms with Crippen molar-refractivity contribution < 1.29 is 23.1 Å². The predicted octanol–water partition coefficient (Wildman–Crippen LogP) is 4.06. The third-order valence-corrected chi connectivity index (χ3v) is 7.78. The summed E-state index contributed by atoms with van der Waals surface area (Å²) >= 11 is 0. The van der Waals surface area contributed by atoms with Crippen LogP contribution in [0.15, 0.2) is 48.9 Å². The minimum atomic E-state index is -4.62. The molecule has 0 radical (unpaired) electrons. The van der Waals surface area contributed by atoms with Crippen molar-refractivity contribution in [1.82, 2.24) is 29.9 Å². The number of carbonyl (C=O) groups excluding carboxylic acids is 1. The molecule has 2 aromatic heterocycles. The smallest absolute Gasteiger partial charge is 0.392 e. The number of aliphatic hydroxyl groups is 1. The van der Waals surface area contributed by atoms with Gasteiger partial charge in [-0.3, -0.25) is 9.48 Å². The molecule has 1 saturated carbocycles. The molecule has 2 N–H and O–H groups in total. The molecule has 6 rings (SSSR count). The molecular formula is C28H28F3N7O2. The Morgan fingerprint density at radius 1 is 1.12 bits per heavy atom. The number of benzene rings is 2. The van der Waals surface area contributed by atoms with Crippen LogP contribution in [0, 0.1) is 0 Å². The van der Waals surface area contributed by atoms with E-state index >= 15 is 0 Å². The Hall–Kier alpha value is -4.03. The third-order valence-electron chi connectivity index (χ3n) is 7.78. The van der Waals surface area contributed by atoms with Crippen LogP contribution in [0.1, 0.15) is 46.3 Å². The molecule has 2 aliphatic rings. The molecule has 208 valence electrons. The van der Waals surface area contributed by atoms with E-state index in [-0.39, 0.29) is 30.3 Å². The number of alkyl halides is 3. The van der Waals surface area contributed by atoms with Gasteiger partial charge in [0.2, 0.25) is 0 Å². The van der Waals surface area contributed by atoms with Crippen LogP contribution in [0.3, 0.4) is 0 Å². The van der Waals surface area contributed by atoms with Gasteiger partial charge in [0.05, 0.1) is 35.7 Å². The number of hydrogen-bond acceptors (Lipinski definition) is 6. The van der Waals surface area contributed by atoms with Crippen molar-refractivity contribution in [3.05, 3.63) is 71.2 Å². The molecule has 1 aliphatic carbocycles. The van der Waals surface area contributed by atoms with Crippen LogP contribution in [-0.4, -0.2) is 47.7 Å². The molecule has 1 aliphatic heterocycles. The lowest BCUT2D eigenvalue weighted by molar-refractivity contribution is -0.138. The lowest BCUT2D eigenvalue weighted by Crippen LogP contribution is -2.35. The number of aliphatic hydroxyl groups excluding tert-OH is 1. The van der Waals surface area contributed by atoms with Crippen LogP contribution in [0.25, 0.3) is 22.6 Å². The van der Waals surface area contributed by atoms with Crippen molar-refractivity contribution in [3.63, 3.8) is 0 Å². The molecule has 9 nitrogen and oxygen atoms in total. The third kappa shape index (κ3) is 4.56. The number of nitrogens with zero attached hydrogens (tertiary/aromatic N) is 6. The number of fused-ring (bicyclic) bond motifs is 1. The molecule has 1 amide bonds. The molecule has 2 atom stereocenters. The van der Waals surface area contributed by atoms with E-state index in [2.05, 4.69) is 20.6 Å². The monoisotopic (exact) mass is 551 g/mol. The SMILES string of the molecule is Cn1cnnc1-c1cnn(C)c1-c1cccc(N2Cc3c(cc(CN[C@@H]4CCC[C@@H]4O)cc3C(F)(F)F)C2=O)c1. The van der Waals surface area contributed by atoms with Crippen LogP contribution < -0.4 is 10.2 Å². The van der Waals surface area contributed by atoms with Gasteiger partial charge in [0, 0.05) is 43.5 Å². The maximum atomic E-state index is 14.2. The fraction of sp³-hybridized carbons (Fsp3) is 0.357. The van der Waals surface area contributed by atoms with Crippen molar-refractivity contribution in [1.29, 1.82) is 0 Å². The molecule has 1 fully saturated rings. The minimum Gasteiger partial charge on any atom is -0.392 e. The molecule has 3 heterocycles. The van der Waals surface area contributed by atoms with Crippen molar-refractivity contribution >= 4 is 11.6 Å². The first kappa shape index (κ1) is 26.2. The largest absolute Gasteiger partial charge is 0.416 e. The highest BCUT2D eigenvalue weighted by atomic mass is 19.4. The molecule has 2 aromatic carbocycles. The number of aromatic nitrogens is 5. The summed E-state index contributed by atoms with van der Waals surface area (Å²) in [4.78, 5) is 14.9. The summed E-state index contributed by atoms with van der Waals surface area (Å²) in [5.41, 5.74) is 2.24. The number of amides is 1. The summed E-state index contributed by atoms with van der Waals surface area (Å²) in [6, 6.07) is 9.59. The number of halogens is 3. The minimum absolute atomic E-state index is 0.0344. The van der Waals surface area contributed by atoms with Gasteiger partial charge in [0.1, 0.15) is 6.33 Å². The van der Waals surface area contributed by atoms with E-state index in [9.17, 15) is 23.1 Å². The van der Waals surface area contributed by atoms with Crippen molar-refractivity contribution in [2.24, 2.45) is 14.1 Å². The summed E-state index contributed by atoms with van der Waals surface area (Å²) in [5.74, 6) is 0.123. The predicted molar refractivity (Wildman–Crippen MR) is 141 cm³/mol. The highest BCUT2D eigenvalue weighted by Gasteiger charge is 2.40. The highest BCUT2D eigenvalue weighted by molar-refractivity contribution is 6.10. The van der Waals surface area contributed by atoms with Crippen molar-refractivity contribution in [2.45, 2.75) is 50.7 Å². The fourth-order valence-electron chi connectivity index (χ4n) is 5.75. The first-order chi connectivity index (χ1) is 19.1. The zero-order valence-corrected chi connectivity index (χ0v) is 22.0. The Labute approximate surface area is 228 Å². The van der Waals surface area contributed by atoms with E-state index in [1.165, 1.54) is 4.90 Å². The molecule has 0 spiro atoms. The standard InChI is InChI=1S/C28H28F3N7O2/c1-36-15-33-35-26(36)20-13-34-37(2)25(20)17-5-3-6-18(11-17)38-14-21-19(27(38)40)9-16(10-22(21)28(29,30)31)12-32-23-7-4-8-24(23)39/h3,5-6,9-11,13,15,23-24,32,39H,4,7-8,12,14H2,1-2H3/t23-,24+/m1/s1. The normalized spacial score (nSPS) is 19.1. The maximum absolute atomic E-state index is 14.2. The number of carbonyl (C=O) groups is 1. The van der Waals surface area contributed by atoms with Gasteiger partial charge in [-0.1, -0.05) is 12.1 Å². The second kappa shape index (κ2) is 9.86. The van der Waals surface area contributed by atoms with E-state index in [0.717, 1.165) is 35.7 Å². The Kier molecular flexibility index (Phi) is 6.46.